The minimum atomic E-state index is -3.64. The van der Waals surface area contributed by atoms with E-state index in [-0.39, 0.29) is 17.1 Å². The second kappa shape index (κ2) is 7.28. The van der Waals surface area contributed by atoms with E-state index in [0.29, 0.717) is 41.1 Å². The summed E-state index contributed by atoms with van der Waals surface area (Å²) in [4.78, 5) is 18.7. The number of thiazole rings is 1. The van der Waals surface area contributed by atoms with E-state index >= 15 is 0 Å². The molecule has 1 saturated heterocycles. The second-order valence-corrected chi connectivity index (χ2v) is 10.2. The van der Waals surface area contributed by atoms with Crippen LogP contribution in [0.3, 0.4) is 0 Å². The van der Waals surface area contributed by atoms with Crippen LogP contribution >= 0.6 is 18.7 Å². The van der Waals surface area contributed by atoms with E-state index in [2.05, 4.69) is 15.3 Å². The maximum absolute atomic E-state index is 14.9. The molecule has 2 aromatic heterocycles. The summed E-state index contributed by atoms with van der Waals surface area (Å²) in [6.45, 7) is 2.13. The van der Waals surface area contributed by atoms with Crippen molar-refractivity contribution in [3.63, 3.8) is 0 Å². The zero-order chi connectivity index (χ0) is 20.9. The summed E-state index contributed by atoms with van der Waals surface area (Å²) in [5.41, 5.74) is 3.28. The Labute approximate surface area is 174 Å². The molecule has 1 atom stereocenters. The summed E-state index contributed by atoms with van der Waals surface area (Å²) in [6.07, 6.45) is 1.43. The Balaban J connectivity index is 1.61. The van der Waals surface area contributed by atoms with Crippen molar-refractivity contribution < 1.29 is 23.3 Å². The maximum atomic E-state index is 14.9. The number of hydrogen-bond acceptors (Lipinski definition) is 7. The van der Waals surface area contributed by atoms with Gasteiger partial charge in [0.25, 0.3) is 0 Å². The first-order valence-electron chi connectivity index (χ1n) is 9.17. The topological polar surface area (TPSA) is 93.6 Å². The molecular weight excluding hydrogens is 428 g/mol. The molecule has 1 unspecified atom stereocenters. The smallest absolute Gasteiger partial charge is 0.230 e. The average Bonchev–Trinajstić information content (AvgIpc) is 3.15. The number of nitrogens with one attached hydrogen (secondary N) is 1. The van der Waals surface area contributed by atoms with Gasteiger partial charge in [-0.15, -0.1) is 11.3 Å². The molecule has 5 rings (SSSR count). The number of hydrogen-bond donors (Lipinski definition) is 2. The molecule has 0 aliphatic carbocycles. The zero-order valence-corrected chi connectivity index (χ0v) is 17.5. The van der Waals surface area contributed by atoms with Gasteiger partial charge in [-0.1, -0.05) is 0 Å². The molecule has 30 heavy (non-hydrogen) atoms. The van der Waals surface area contributed by atoms with Gasteiger partial charge in [-0.2, -0.15) is 0 Å². The lowest BCUT2D eigenvalue weighted by Gasteiger charge is -2.28. The molecule has 2 N–H and O–H groups in total. The van der Waals surface area contributed by atoms with E-state index in [1.165, 1.54) is 18.0 Å². The average molecular weight is 445 g/mol. The molecule has 0 radical (unpaired) electrons. The highest BCUT2D eigenvalue weighted by atomic mass is 32.1. The monoisotopic (exact) mass is 445 g/mol. The predicted molar refractivity (Wildman–Crippen MR) is 115 cm³/mol. The number of ether oxygens (including phenoxy) is 2. The summed E-state index contributed by atoms with van der Waals surface area (Å²) in [5.74, 6) is -0.143. The van der Waals surface area contributed by atoms with E-state index in [1.54, 1.807) is 42.0 Å². The van der Waals surface area contributed by atoms with Gasteiger partial charge < -0.3 is 19.7 Å². The summed E-state index contributed by atoms with van der Waals surface area (Å²) in [5, 5.41) is 3.85. The lowest BCUT2D eigenvalue weighted by molar-refractivity contribution is -0.0792. The summed E-state index contributed by atoms with van der Waals surface area (Å²) < 4.78 is 39.1. The Kier molecular flexibility index (Phi) is 4.71. The molecular formula is C20H17FN3O4PS. The van der Waals surface area contributed by atoms with E-state index in [0.717, 1.165) is 4.70 Å². The number of halogens is 1. The second-order valence-electron chi connectivity index (χ2n) is 7.10. The van der Waals surface area contributed by atoms with Gasteiger partial charge in [0.15, 0.2) is 5.82 Å². The van der Waals surface area contributed by atoms with Crippen LogP contribution in [0.15, 0.2) is 42.0 Å². The van der Waals surface area contributed by atoms with Crippen LogP contribution in [-0.4, -0.2) is 40.8 Å². The fourth-order valence-corrected chi connectivity index (χ4v) is 4.86. The van der Waals surface area contributed by atoms with Crippen LogP contribution in [0, 0.1) is 5.82 Å². The fraction of sp³-hybridized carbons (Fsp3) is 0.200. The minimum Gasteiger partial charge on any atom is -0.485 e. The largest absolute Gasteiger partial charge is 0.485 e. The Morgan fingerprint density at radius 1 is 1.27 bits per heavy atom. The molecule has 7 nitrogen and oxygen atoms in total. The zero-order valence-electron chi connectivity index (χ0n) is 15.8. The minimum absolute atomic E-state index is 0.159. The molecule has 3 heterocycles. The van der Waals surface area contributed by atoms with Gasteiger partial charge in [0.05, 0.1) is 39.9 Å². The van der Waals surface area contributed by atoms with Crippen LogP contribution in [-0.2, 0) is 9.30 Å². The molecule has 0 spiro atoms. The molecule has 1 aliphatic rings. The number of nitrogens with zero attached hydrogens (tertiary/aromatic N) is 2. The molecule has 1 aliphatic heterocycles. The third kappa shape index (κ3) is 3.44. The van der Waals surface area contributed by atoms with Gasteiger partial charge in [0.2, 0.25) is 7.37 Å². The van der Waals surface area contributed by atoms with Gasteiger partial charge in [0, 0.05) is 30.0 Å². The van der Waals surface area contributed by atoms with Crippen LogP contribution in [0.4, 0.5) is 15.8 Å². The van der Waals surface area contributed by atoms with Crippen LogP contribution in [0.1, 0.15) is 0 Å². The van der Waals surface area contributed by atoms with Gasteiger partial charge in [-0.3, -0.25) is 9.55 Å². The van der Waals surface area contributed by atoms with Crippen molar-refractivity contribution in [2.75, 3.05) is 25.2 Å². The highest BCUT2D eigenvalue weighted by Crippen LogP contribution is 2.41. The number of anilines is 2. The number of benzene rings is 2. The van der Waals surface area contributed by atoms with Crippen molar-refractivity contribution >= 4 is 56.5 Å². The van der Waals surface area contributed by atoms with Crippen molar-refractivity contribution in [1.29, 1.82) is 0 Å². The third-order valence-electron chi connectivity index (χ3n) is 4.88. The number of fused-ring (bicyclic) bond motifs is 2. The highest BCUT2D eigenvalue weighted by Gasteiger charge is 2.27. The first kappa shape index (κ1) is 19.4. The Morgan fingerprint density at radius 2 is 2.10 bits per heavy atom. The molecule has 10 heteroatoms. The van der Waals surface area contributed by atoms with E-state index in [4.69, 9.17) is 9.47 Å². The first-order valence-corrected chi connectivity index (χ1v) is 12.2. The van der Waals surface area contributed by atoms with Crippen molar-refractivity contribution in [3.05, 3.63) is 47.9 Å². The number of pyridine rings is 1. The first-order chi connectivity index (χ1) is 14.4. The normalized spacial score (nSPS) is 16.4. The van der Waals surface area contributed by atoms with Crippen LogP contribution < -0.4 is 15.4 Å². The van der Waals surface area contributed by atoms with Gasteiger partial charge >= 0.3 is 0 Å². The highest BCUT2D eigenvalue weighted by molar-refractivity contribution is 7.65. The number of rotatable bonds is 5. The third-order valence-corrected chi connectivity index (χ3v) is 6.92. The van der Waals surface area contributed by atoms with E-state index in [9.17, 15) is 13.8 Å². The molecule has 0 amide bonds. The summed E-state index contributed by atoms with van der Waals surface area (Å²) in [6, 6.07) is 8.36. The van der Waals surface area contributed by atoms with Crippen LogP contribution in [0.25, 0.3) is 21.1 Å². The number of aromatic nitrogens is 2. The Morgan fingerprint density at radius 3 is 2.83 bits per heavy atom. The summed E-state index contributed by atoms with van der Waals surface area (Å²) >= 11 is 1.37. The Hall–Kier alpha value is -2.58. The van der Waals surface area contributed by atoms with Crippen molar-refractivity contribution in [3.8, 4) is 5.75 Å². The van der Waals surface area contributed by atoms with Gasteiger partial charge in [0.1, 0.15) is 17.4 Å². The van der Waals surface area contributed by atoms with E-state index < -0.39 is 13.2 Å². The quantitative estimate of drug-likeness (QED) is 0.448. The van der Waals surface area contributed by atoms with Crippen molar-refractivity contribution in [1.82, 2.24) is 9.97 Å². The fourth-order valence-electron chi connectivity index (χ4n) is 3.29. The summed E-state index contributed by atoms with van der Waals surface area (Å²) in [7, 11) is -3.64. The molecule has 4 aromatic rings. The lowest BCUT2D eigenvalue weighted by Crippen LogP contribution is -2.39. The van der Waals surface area contributed by atoms with Gasteiger partial charge in [-0.05, 0) is 24.3 Å². The molecule has 154 valence electrons. The van der Waals surface area contributed by atoms with E-state index in [1.807, 2.05) is 0 Å². The van der Waals surface area contributed by atoms with Crippen molar-refractivity contribution in [2.45, 2.75) is 6.10 Å². The van der Waals surface area contributed by atoms with Gasteiger partial charge in [-0.25, -0.2) is 9.37 Å². The molecule has 1 fully saturated rings. The SMILES string of the molecule is CP(=O)(O)c1cc2c(Nc3ccc4scnc4c3F)ccnc2cc1OC1COC1. The lowest BCUT2D eigenvalue weighted by atomic mass is 10.1. The standard InChI is InChI=1S/C20H17FN3O4PS/c1-29(25,26)17-6-12-13(24-14-2-3-18-20(19(14)21)23-10-30-18)4-5-22-15(12)7-16(17)28-11-8-27-9-11/h2-7,10-11H,8-9H2,1H3,(H,22,24)(H,25,26). The molecule has 2 aromatic carbocycles. The van der Waals surface area contributed by atoms with Crippen molar-refractivity contribution in [2.24, 2.45) is 0 Å². The maximum Gasteiger partial charge on any atom is 0.230 e. The predicted octanol–water partition coefficient (Wildman–Crippen LogP) is 4.03. The molecule has 0 bridgehead atoms. The molecule has 0 saturated carbocycles. The van der Waals surface area contributed by atoms with Crippen LogP contribution in [0.5, 0.6) is 5.75 Å². The van der Waals surface area contributed by atoms with Crippen LogP contribution in [0.2, 0.25) is 0 Å². The Bertz CT molecular complexity index is 1320.